The number of hydrogen-bond donors (Lipinski definition) is 0. The summed E-state index contributed by atoms with van der Waals surface area (Å²) in [6.45, 7) is 3.89. The number of halogens is 1. The fraction of sp³-hybridized carbons (Fsp3) is 0.556. The summed E-state index contributed by atoms with van der Waals surface area (Å²) in [6.07, 6.45) is 6.39. The van der Waals surface area contributed by atoms with Crippen molar-refractivity contribution in [2.45, 2.75) is 37.8 Å². The summed E-state index contributed by atoms with van der Waals surface area (Å²) < 4.78 is 12.7. The van der Waals surface area contributed by atoms with Crippen LogP contribution >= 0.6 is 15.9 Å². The summed E-state index contributed by atoms with van der Waals surface area (Å²) in [6, 6.07) is 6.70. The first-order chi connectivity index (χ1) is 11.8. The topological polar surface area (TPSA) is 47.5 Å². The van der Waals surface area contributed by atoms with E-state index in [0.29, 0.717) is 11.9 Å². The fourth-order valence-corrected chi connectivity index (χ4v) is 4.09. The van der Waals surface area contributed by atoms with Crippen molar-refractivity contribution >= 4 is 26.8 Å². The fourth-order valence-electron chi connectivity index (χ4n) is 3.73. The van der Waals surface area contributed by atoms with Crippen LogP contribution in [0.25, 0.3) is 10.9 Å². The molecular weight excluding hydrogens is 370 g/mol. The predicted octanol–water partition coefficient (Wildman–Crippen LogP) is 3.41. The third-order valence-corrected chi connectivity index (χ3v) is 5.54. The highest BCUT2D eigenvalue weighted by Gasteiger charge is 2.28. The number of ether oxygens (including phenoxy) is 2. The second kappa shape index (κ2) is 7.33. The summed E-state index contributed by atoms with van der Waals surface area (Å²) in [5.41, 5.74) is 0.921. The molecule has 128 valence electrons. The SMILES string of the molecule is Brc1ccc2ncnc(O[C@H]3CC[C@H](N4CCOCC4)CC3)c2c1. The van der Waals surface area contributed by atoms with Gasteiger partial charge in [0, 0.05) is 23.6 Å². The number of rotatable bonds is 3. The molecule has 1 aliphatic heterocycles. The van der Waals surface area contributed by atoms with Gasteiger partial charge in [0.2, 0.25) is 5.88 Å². The minimum absolute atomic E-state index is 0.249. The van der Waals surface area contributed by atoms with Gasteiger partial charge in [-0.05, 0) is 43.9 Å². The van der Waals surface area contributed by atoms with Crippen LogP contribution in [0.15, 0.2) is 29.0 Å². The van der Waals surface area contributed by atoms with Gasteiger partial charge in [0.25, 0.3) is 0 Å². The van der Waals surface area contributed by atoms with Gasteiger partial charge >= 0.3 is 0 Å². The molecule has 5 nitrogen and oxygen atoms in total. The standard InChI is InChI=1S/C18H22BrN3O2/c19-13-1-6-17-16(11-13)18(21-12-20-17)24-15-4-2-14(3-5-15)22-7-9-23-10-8-22/h1,6,11-12,14-15H,2-5,7-10H2/t14-,15-. The average molecular weight is 392 g/mol. The molecule has 0 unspecified atom stereocenters. The second-order valence-corrected chi connectivity index (χ2v) is 7.45. The van der Waals surface area contributed by atoms with Crippen LogP contribution in [-0.4, -0.2) is 53.3 Å². The van der Waals surface area contributed by atoms with Crippen molar-refractivity contribution in [2.24, 2.45) is 0 Å². The lowest BCUT2D eigenvalue weighted by Gasteiger charge is -2.38. The Kier molecular flexibility index (Phi) is 4.96. The molecule has 0 bridgehead atoms. The molecule has 1 aromatic carbocycles. The largest absolute Gasteiger partial charge is 0.474 e. The number of nitrogens with zero attached hydrogens (tertiary/aromatic N) is 3. The van der Waals surface area contributed by atoms with Crippen LogP contribution in [0, 0.1) is 0 Å². The van der Waals surface area contributed by atoms with E-state index in [9.17, 15) is 0 Å². The number of hydrogen-bond acceptors (Lipinski definition) is 5. The van der Waals surface area contributed by atoms with Crippen molar-refractivity contribution < 1.29 is 9.47 Å². The molecule has 6 heteroatoms. The molecule has 4 rings (SSSR count). The molecule has 0 radical (unpaired) electrons. The summed E-state index contributed by atoms with van der Waals surface area (Å²) >= 11 is 3.52. The van der Waals surface area contributed by atoms with Gasteiger partial charge in [-0.25, -0.2) is 9.97 Å². The van der Waals surface area contributed by atoms with Crippen LogP contribution in [0.4, 0.5) is 0 Å². The van der Waals surface area contributed by atoms with Gasteiger partial charge in [-0.1, -0.05) is 15.9 Å². The molecule has 2 aliphatic rings. The van der Waals surface area contributed by atoms with E-state index in [1.54, 1.807) is 6.33 Å². The lowest BCUT2D eigenvalue weighted by Crippen LogP contribution is -2.46. The highest BCUT2D eigenvalue weighted by molar-refractivity contribution is 9.10. The van der Waals surface area contributed by atoms with E-state index in [0.717, 1.165) is 54.5 Å². The maximum absolute atomic E-state index is 6.24. The van der Waals surface area contributed by atoms with Gasteiger partial charge < -0.3 is 9.47 Å². The van der Waals surface area contributed by atoms with E-state index in [1.165, 1.54) is 12.8 Å². The molecule has 1 aromatic heterocycles. The summed E-state index contributed by atoms with van der Waals surface area (Å²) in [5.74, 6) is 0.705. The van der Waals surface area contributed by atoms with Crippen LogP contribution < -0.4 is 4.74 Å². The molecule has 0 amide bonds. The van der Waals surface area contributed by atoms with Gasteiger partial charge in [-0.15, -0.1) is 0 Å². The van der Waals surface area contributed by atoms with E-state index in [2.05, 4.69) is 30.8 Å². The van der Waals surface area contributed by atoms with E-state index < -0.39 is 0 Å². The first-order valence-electron chi connectivity index (χ1n) is 8.68. The number of aromatic nitrogens is 2. The molecule has 0 spiro atoms. The third-order valence-electron chi connectivity index (χ3n) is 5.04. The maximum Gasteiger partial charge on any atom is 0.224 e. The number of morpholine rings is 1. The Balaban J connectivity index is 1.41. The van der Waals surface area contributed by atoms with E-state index in [1.807, 2.05) is 18.2 Å². The van der Waals surface area contributed by atoms with Crippen LogP contribution in [0.5, 0.6) is 5.88 Å². The van der Waals surface area contributed by atoms with Crippen LogP contribution in [0.1, 0.15) is 25.7 Å². The maximum atomic E-state index is 6.24. The zero-order valence-electron chi connectivity index (χ0n) is 13.7. The van der Waals surface area contributed by atoms with Gasteiger partial charge in [-0.3, -0.25) is 4.90 Å². The zero-order chi connectivity index (χ0) is 16.4. The minimum atomic E-state index is 0.249. The lowest BCUT2D eigenvalue weighted by atomic mass is 9.91. The number of fused-ring (bicyclic) bond motifs is 1. The summed E-state index contributed by atoms with van der Waals surface area (Å²) in [5, 5.41) is 0.974. The molecule has 1 saturated heterocycles. The summed E-state index contributed by atoms with van der Waals surface area (Å²) in [4.78, 5) is 11.3. The minimum Gasteiger partial charge on any atom is -0.474 e. The van der Waals surface area contributed by atoms with Gasteiger partial charge in [0.15, 0.2) is 0 Å². The van der Waals surface area contributed by atoms with Gasteiger partial charge in [-0.2, -0.15) is 0 Å². The lowest BCUT2D eigenvalue weighted by molar-refractivity contribution is -0.00126. The molecule has 1 aliphatic carbocycles. The monoisotopic (exact) mass is 391 g/mol. The quantitative estimate of drug-likeness (QED) is 0.801. The smallest absolute Gasteiger partial charge is 0.224 e. The Morgan fingerprint density at radius 1 is 1.08 bits per heavy atom. The Bertz CT molecular complexity index is 698. The van der Waals surface area contributed by atoms with Crippen LogP contribution in [-0.2, 0) is 4.74 Å². The average Bonchev–Trinajstić information content (AvgIpc) is 2.64. The Morgan fingerprint density at radius 3 is 2.67 bits per heavy atom. The first kappa shape index (κ1) is 16.2. The molecule has 2 fully saturated rings. The number of benzene rings is 1. The molecule has 24 heavy (non-hydrogen) atoms. The molecule has 1 saturated carbocycles. The third kappa shape index (κ3) is 3.55. The highest BCUT2D eigenvalue weighted by Crippen LogP contribution is 2.30. The normalized spacial score (nSPS) is 25.7. The molecular formula is C18H22BrN3O2. The molecule has 0 atom stereocenters. The Morgan fingerprint density at radius 2 is 1.88 bits per heavy atom. The van der Waals surface area contributed by atoms with Crippen molar-refractivity contribution in [1.82, 2.24) is 14.9 Å². The van der Waals surface area contributed by atoms with E-state index in [-0.39, 0.29) is 6.10 Å². The van der Waals surface area contributed by atoms with Crippen LogP contribution in [0.3, 0.4) is 0 Å². The van der Waals surface area contributed by atoms with E-state index >= 15 is 0 Å². The second-order valence-electron chi connectivity index (χ2n) is 6.54. The molecule has 0 N–H and O–H groups in total. The van der Waals surface area contributed by atoms with E-state index in [4.69, 9.17) is 9.47 Å². The van der Waals surface area contributed by atoms with Gasteiger partial charge in [0.05, 0.1) is 24.1 Å². The van der Waals surface area contributed by atoms with Crippen LogP contribution in [0.2, 0.25) is 0 Å². The van der Waals surface area contributed by atoms with Crippen molar-refractivity contribution in [1.29, 1.82) is 0 Å². The van der Waals surface area contributed by atoms with Gasteiger partial charge in [0.1, 0.15) is 12.4 Å². The van der Waals surface area contributed by atoms with Crippen molar-refractivity contribution in [2.75, 3.05) is 26.3 Å². The first-order valence-corrected chi connectivity index (χ1v) is 9.47. The van der Waals surface area contributed by atoms with Crippen molar-refractivity contribution in [3.8, 4) is 5.88 Å². The predicted molar refractivity (Wildman–Crippen MR) is 96.3 cm³/mol. The highest BCUT2D eigenvalue weighted by atomic mass is 79.9. The Labute approximate surface area is 150 Å². The van der Waals surface area contributed by atoms with Crippen molar-refractivity contribution in [3.05, 3.63) is 29.0 Å². The molecule has 2 heterocycles. The molecule has 2 aromatic rings. The zero-order valence-corrected chi connectivity index (χ0v) is 15.2. The summed E-state index contributed by atoms with van der Waals surface area (Å²) in [7, 11) is 0. The van der Waals surface area contributed by atoms with Crippen molar-refractivity contribution in [3.63, 3.8) is 0 Å². The Hall–Kier alpha value is -1.24.